The molecule has 6 nitrogen and oxygen atoms in total. The predicted molar refractivity (Wildman–Crippen MR) is 57.1 cm³/mol. The van der Waals surface area contributed by atoms with Crippen molar-refractivity contribution in [1.29, 1.82) is 0 Å². The minimum Gasteiger partial charge on any atom is -0.465 e. The average Bonchev–Trinajstić information content (AvgIpc) is 2.42. The number of hydrogen-bond acceptors (Lipinski definition) is 3. The maximum atomic E-state index is 11.6. The van der Waals surface area contributed by atoms with Crippen LogP contribution in [0.1, 0.15) is 19.3 Å². The van der Waals surface area contributed by atoms with Crippen molar-refractivity contribution in [3.63, 3.8) is 0 Å². The summed E-state index contributed by atoms with van der Waals surface area (Å²) >= 11 is 0. The molecule has 0 aromatic rings. The highest BCUT2D eigenvalue weighted by molar-refractivity contribution is 5.77. The molecule has 6 heteroatoms. The first-order valence-electron chi connectivity index (χ1n) is 5.51. The summed E-state index contributed by atoms with van der Waals surface area (Å²) in [6.07, 6.45) is 0.720. The molecule has 2 amide bonds. The Kier molecular flexibility index (Phi) is 5.04. The summed E-state index contributed by atoms with van der Waals surface area (Å²) in [4.78, 5) is 25.3. The van der Waals surface area contributed by atoms with E-state index in [-0.39, 0.29) is 25.5 Å². The number of unbranched alkanes of at least 4 members (excludes halogenated alkanes) is 1. The monoisotopic (exact) mass is 230 g/mol. The van der Waals surface area contributed by atoms with E-state index in [4.69, 9.17) is 10.2 Å². The third-order valence-electron chi connectivity index (χ3n) is 2.69. The molecule has 0 aliphatic carbocycles. The summed E-state index contributed by atoms with van der Waals surface area (Å²) in [5.74, 6) is 0.00156. The van der Waals surface area contributed by atoms with Crippen LogP contribution in [0.2, 0.25) is 0 Å². The Balaban J connectivity index is 2.41. The van der Waals surface area contributed by atoms with Gasteiger partial charge >= 0.3 is 6.09 Å². The molecule has 0 atom stereocenters. The van der Waals surface area contributed by atoms with Gasteiger partial charge < -0.3 is 20.0 Å². The zero-order valence-corrected chi connectivity index (χ0v) is 9.26. The smallest absolute Gasteiger partial charge is 0.407 e. The molecule has 0 bridgehead atoms. The second-order valence-electron chi connectivity index (χ2n) is 3.83. The number of nitrogens with zero attached hydrogens (tertiary/aromatic N) is 2. The van der Waals surface area contributed by atoms with E-state index in [1.54, 1.807) is 4.90 Å². The van der Waals surface area contributed by atoms with Crippen molar-refractivity contribution in [2.45, 2.75) is 19.3 Å². The highest BCUT2D eigenvalue weighted by Gasteiger charge is 2.22. The maximum absolute atomic E-state index is 11.6. The number of carbonyl (C=O) groups excluding carboxylic acids is 1. The van der Waals surface area contributed by atoms with Crippen molar-refractivity contribution >= 4 is 12.0 Å². The van der Waals surface area contributed by atoms with Gasteiger partial charge in [-0.3, -0.25) is 4.79 Å². The molecular weight excluding hydrogens is 212 g/mol. The third-order valence-corrected chi connectivity index (χ3v) is 2.69. The van der Waals surface area contributed by atoms with E-state index >= 15 is 0 Å². The molecule has 0 saturated carbocycles. The molecule has 1 heterocycles. The second-order valence-corrected chi connectivity index (χ2v) is 3.83. The quantitative estimate of drug-likeness (QED) is 0.665. The Morgan fingerprint density at radius 1 is 1.25 bits per heavy atom. The van der Waals surface area contributed by atoms with Gasteiger partial charge in [0.15, 0.2) is 0 Å². The maximum Gasteiger partial charge on any atom is 0.407 e. The number of hydrogen-bond donors (Lipinski definition) is 2. The fraction of sp³-hybridized carbons (Fsp3) is 0.800. The van der Waals surface area contributed by atoms with Crippen LogP contribution in [0.25, 0.3) is 0 Å². The number of carbonyl (C=O) groups is 2. The fourth-order valence-corrected chi connectivity index (χ4v) is 1.71. The molecule has 1 aliphatic rings. The fourth-order valence-electron chi connectivity index (χ4n) is 1.71. The Morgan fingerprint density at radius 3 is 2.62 bits per heavy atom. The van der Waals surface area contributed by atoms with Crippen LogP contribution in [-0.4, -0.2) is 64.8 Å². The van der Waals surface area contributed by atoms with Crippen molar-refractivity contribution in [1.82, 2.24) is 9.80 Å². The van der Waals surface area contributed by atoms with E-state index in [0.717, 1.165) is 6.42 Å². The summed E-state index contributed by atoms with van der Waals surface area (Å²) in [6, 6.07) is 0. The largest absolute Gasteiger partial charge is 0.465 e. The number of aliphatic hydroxyl groups is 1. The topological polar surface area (TPSA) is 81.1 Å². The molecule has 1 saturated heterocycles. The standard InChI is InChI=1S/C10H18N2O4/c13-8-2-1-4-11-6-7-12(10(15)16)5-3-9(11)14/h13H,1-8H2,(H,15,16). The van der Waals surface area contributed by atoms with Gasteiger partial charge in [-0.15, -0.1) is 0 Å². The van der Waals surface area contributed by atoms with Crippen molar-refractivity contribution in [3.8, 4) is 0 Å². The Labute approximate surface area is 94.4 Å². The molecule has 0 aromatic carbocycles. The predicted octanol–water partition coefficient (Wildman–Crippen LogP) is -0.0288. The van der Waals surface area contributed by atoms with Crippen molar-refractivity contribution in [2.24, 2.45) is 0 Å². The van der Waals surface area contributed by atoms with Crippen LogP contribution in [0.5, 0.6) is 0 Å². The molecule has 16 heavy (non-hydrogen) atoms. The van der Waals surface area contributed by atoms with Crippen molar-refractivity contribution in [2.75, 3.05) is 32.8 Å². The lowest BCUT2D eigenvalue weighted by atomic mass is 10.3. The zero-order valence-electron chi connectivity index (χ0n) is 9.26. The van der Waals surface area contributed by atoms with Gasteiger partial charge in [-0.05, 0) is 12.8 Å². The summed E-state index contributed by atoms with van der Waals surface area (Å²) < 4.78 is 0. The molecule has 0 spiro atoms. The van der Waals surface area contributed by atoms with Gasteiger partial charge in [0.05, 0.1) is 0 Å². The number of amides is 2. The van der Waals surface area contributed by atoms with Crippen molar-refractivity contribution in [3.05, 3.63) is 0 Å². The number of carboxylic acid groups (broad SMARTS) is 1. The SMILES string of the molecule is O=C(O)N1CCC(=O)N(CCCCO)CC1. The Morgan fingerprint density at radius 2 is 2.00 bits per heavy atom. The van der Waals surface area contributed by atoms with E-state index in [9.17, 15) is 9.59 Å². The molecule has 0 unspecified atom stereocenters. The van der Waals surface area contributed by atoms with Crippen LogP contribution >= 0.6 is 0 Å². The average molecular weight is 230 g/mol. The minimum atomic E-state index is -0.968. The van der Waals surface area contributed by atoms with Gasteiger partial charge in [-0.2, -0.15) is 0 Å². The molecule has 1 rings (SSSR count). The highest BCUT2D eigenvalue weighted by atomic mass is 16.4. The molecule has 0 aromatic heterocycles. The lowest BCUT2D eigenvalue weighted by Crippen LogP contribution is -2.35. The van der Waals surface area contributed by atoms with E-state index in [1.807, 2.05) is 0 Å². The zero-order chi connectivity index (χ0) is 12.0. The summed E-state index contributed by atoms with van der Waals surface area (Å²) in [5, 5.41) is 17.5. The number of rotatable bonds is 4. The molecule has 1 fully saturated rings. The lowest BCUT2D eigenvalue weighted by Gasteiger charge is -2.20. The molecule has 0 radical (unpaired) electrons. The first-order valence-corrected chi connectivity index (χ1v) is 5.51. The van der Waals surface area contributed by atoms with Crippen LogP contribution in [0, 0.1) is 0 Å². The van der Waals surface area contributed by atoms with Gasteiger partial charge in [0.1, 0.15) is 0 Å². The molecule has 1 aliphatic heterocycles. The number of aliphatic hydroxyl groups excluding tert-OH is 1. The molecule has 2 N–H and O–H groups in total. The van der Waals surface area contributed by atoms with Crippen LogP contribution in [-0.2, 0) is 4.79 Å². The van der Waals surface area contributed by atoms with Gasteiger partial charge in [0.25, 0.3) is 0 Å². The minimum absolute atomic E-state index is 0.00156. The van der Waals surface area contributed by atoms with Gasteiger partial charge in [0, 0.05) is 39.2 Å². The second kappa shape index (κ2) is 6.32. The Bertz CT molecular complexity index is 257. The van der Waals surface area contributed by atoms with Crippen LogP contribution in [0.3, 0.4) is 0 Å². The highest BCUT2D eigenvalue weighted by Crippen LogP contribution is 2.06. The van der Waals surface area contributed by atoms with Gasteiger partial charge in [-0.25, -0.2) is 4.79 Å². The first-order chi connectivity index (χ1) is 7.65. The molecule has 92 valence electrons. The van der Waals surface area contributed by atoms with Crippen molar-refractivity contribution < 1.29 is 19.8 Å². The van der Waals surface area contributed by atoms with E-state index in [1.165, 1.54) is 4.90 Å². The third kappa shape index (κ3) is 3.69. The summed E-state index contributed by atoms with van der Waals surface area (Å²) in [6.45, 7) is 1.84. The normalized spacial score (nSPS) is 17.4. The summed E-state index contributed by atoms with van der Waals surface area (Å²) in [5.41, 5.74) is 0. The molecular formula is C10H18N2O4. The van der Waals surface area contributed by atoms with E-state index in [0.29, 0.717) is 26.1 Å². The van der Waals surface area contributed by atoms with E-state index < -0.39 is 6.09 Å². The Hall–Kier alpha value is -1.30. The van der Waals surface area contributed by atoms with Gasteiger partial charge in [0.2, 0.25) is 5.91 Å². The van der Waals surface area contributed by atoms with Gasteiger partial charge in [-0.1, -0.05) is 0 Å². The van der Waals surface area contributed by atoms with Crippen LogP contribution in [0.15, 0.2) is 0 Å². The first kappa shape index (κ1) is 12.8. The lowest BCUT2D eigenvalue weighted by molar-refractivity contribution is -0.130. The summed E-state index contributed by atoms with van der Waals surface area (Å²) in [7, 11) is 0. The van der Waals surface area contributed by atoms with Crippen LogP contribution < -0.4 is 0 Å². The van der Waals surface area contributed by atoms with E-state index in [2.05, 4.69) is 0 Å². The van der Waals surface area contributed by atoms with Crippen LogP contribution in [0.4, 0.5) is 4.79 Å².